The molecule has 1 aliphatic heterocycles. The van der Waals surface area contributed by atoms with Crippen molar-refractivity contribution in [3.05, 3.63) is 46.0 Å². The van der Waals surface area contributed by atoms with Crippen LogP contribution in [0.15, 0.2) is 24.3 Å². The fraction of sp³-hybridized carbons (Fsp3) is 0.522. The van der Waals surface area contributed by atoms with Gasteiger partial charge in [0.2, 0.25) is 11.8 Å². The molecule has 1 atom stereocenters. The fourth-order valence-corrected chi connectivity index (χ4v) is 5.37. The number of amides is 2. The molecule has 0 spiro atoms. The van der Waals surface area contributed by atoms with E-state index in [2.05, 4.69) is 41.4 Å². The Hall–Kier alpha value is -2.41. The van der Waals surface area contributed by atoms with Gasteiger partial charge in [-0.15, -0.1) is 11.3 Å². The number of hydrogen-bond donors (Lipinski definition) is 1. The van der Waals surface area contributed by atoms with Crippen LogP contribution < -0.4 is 10.2 Å². The number of nitrogens with one attached hydrogen (secondary N) is 1. The summed E-state index contributed by atoms with van der Waals surface area (Å²) in [7, 11) is 0. The smallest absolute Gasteiger partial charge is 0.223 e. The molecule has 2 amide bonds. The highest BCUT2D eigenvalue weighted by Crippen LogP contribution is 2.34. The molecule has 7 heteroatoms. The van der Waals surface area contributed by atoms with Gasteiger partial charge in [0.05, 0.1) is 5.69 Å². The Labute approximate surface area is 182 Å². The van der Waals surface area contributed by atoms with Gasteiger partial charge in [-0.3, -0.25) is 9.59 Å². The summed E-state index contributed by atoms with van der Waals surface area (Å²) >= 11 is 1.73. The highest BCUT2D eigenvalue weighted by atomic mass is 32.1. The molecule has 0 radical (unpaired) electrons. The van der Waals surface area contributed by atoms with Crippen molar-refractivity contribution in [2.45, 2.75) is 46.1 Å². The van der Waals surface area contributed by atoms with Crippen LogP contribution in [0.5, 0.6) is 0 Å². The van der Waals surface area contributed by atoms with E-state index in [0.717, 1.165) is 61.8 Å². The fourth-order valence-electron chi connectivity index (χ4n) is 4.13. The van der Waals surface area contributed by atoms with Gasteiger partial charge >= 0.3 is 0 Å². The van der Waals surface area contributed by atoms with E-state index in [1.54, 1.807) is 11.3 Å². The number of hydrogen-bond acceptors (Lipinski definition) is 5. The molecule has 6 nitrogen and oxygen atoms in total. The molecule has 0 unspecified atom stereocenters. The summed E-state index contributed by atoms with van der Waals surface area (Å²) in [4.78, 5) is 34.9. The lowest BCUT2D eigenvalue weighted by atomic mass is 9.90. The second kappa shape index (κ2) is 9.16. The van der Waals surface area contributed by atoms with Gasteiger partial charge in [-0.2, -0.15) is 0 Å². The van der Waals surface area contributed by atoms with Gasteiger partial charge in [0.1, 0.15) is 0 Å². The first-order chi connectivity index (χ1) is 14.5. The number of thiazole rings is 1. The summed E-state index contributed by atoms with van der Waals surface area (Å²) in [5.41, 5.74) is 3.51. The quantitative estimate of drug-likeness (QED) is 0.798. The van der Waals surface area contributed by atoms with Gasteiger partial charge in [-0.25, -0.2) is 4.98 Å². The van der Waals surface area contributed by atoms with Crippen molar-refractivity contribution < 1.29 is 9.59 Å². The maximum atomic E-state index is 12.7. The van der Waals surface area contributed by atoms with E-state index >= 15 is 0 Å². The first kappa shape index (κ1) is 20.8. The summed E-state index contributed by atoms with van der Waals surface area (Å²) in [6, 6.07) is 8.28. The second-order valence-electron chi connectivity index (χ2n) is 8.23. The minimum absolute atomic E-state index is 0.0234. The van der Waals surface area contributed by atoms with Crippen molar-refractivity contribution in [3.63, 3.8) is 0 Å². The van der Waals surface area contributed by atoms with E-state index in [0.29, 0.717) is 13.0 Å². The van der Waals surface area contributed by atoms with E-state index in [4.69, 9.17) is 4.98 Å². The Balaban J connectivity index is 1.32. The standard InChI is InChI=1S/C23H30N4O2S/c1-3-21(28)26-10-12-27(13-11-26)23-25-19-9-8-18(14-20(19)30-23)22(29)24-15-17-6-4-16(2)5-7-17/h4-7,18H,3,8-15H2,1-2H3,(H,24,29)/t18-/m1/s1. The lowest BCUT2D eigenvalue weighted by Gasteiger charge is -2.34. The summed E-state index contributed by atoms with van der Waals surface area (Å²) < 4.78 is 0. The predicted molar refractivity (Wildman–Crippen MR) is 120 cm³/mol. The molecule has 0 bridgehead atoms. The summed E-state index contributed by atoms with van der Waals surface area (Å²) in [5, 5.41) is 4.15. The number of fused-ring (bicyclic) bond motifs is 1. The van der Waals surface area contributed by atoms with Gasteiger partial charge in [0.15, 0.2) is 5.13 Å². The molecular weight excluding hydrogens is 396 g/mol. The lowest BCUT2D eigenvalue weighted by molar-refractivity contribution is -0.131. The Morgan fingerprint density at radius 3 is 2.60 bits per heavy atom. The van der Waals surface area contributed by atoms with Crippen LogP contribution in [0.3, 0.4) is 0 Å². The lowest BCUT2D eigenvalue weighted by Crippen LogP contribution is -2.48. The van der Waals surface area contributed by atoms with Crippen LogP contribution in [-0.4, -0.2) is 47.9 Å². The Morgan fingerprint density at radius 2 is 1.90 bits per heavy atom. The first-order valence-corrected chi connectivity index (χ1v) is 11.7. The predicted octanol–water partition coefficient (Wildman–Crippen LogP) is 2.93. The molecule has 1 fully saturated rings. The third-order valence-electron chi connectivity index (χ3n) is 6.09. The molecule has 2 aromatic rings. The van der Waals surface area contributed by atoms with E-state index in [-0.39, 0.29) is 17.7 Å². The van der Waals surface area contributed by atoms with Crippen LogP contribution in [0.25, 0.3) is 0 Å². The number of benzene rings is 1. The maximum Gasteiger partial charge on any atom is 0.223 e. The number of aryl methyl sites for hydroxylation is 2. The second-order valence-corrected chi connectivity index (χ2v) is 9.29. The Morgan fingerprint density at radius 1 is 1.17 bits per heavy atom. The van der Waals surface area contributed by atoms with E-state index < -0.39 is 0 Å². The molecule has 1 aromatic heterocycles. The van der Waals surface area contributed by atoms with E-state index in [9.17, 15) is 9.59 Å². The molecule has 2 heterocycles. The summed E-state index contributed by atoms with van der Waals surface area (Å²) in [6.45, 7) is 7.75. The average molecular weight is 427 g/mol. The SMILES string of the molecule is CCC(=O)N1CCN(c2nc3c(s2)C[C@H](C(=O)NCc2ccc(C)cc2)CC3)CC1. The topological polar surface area (TPSA) is 65.5 Å². The maximum absolute atomic E-state index is 12.7. The molecule has 30 heavy (non-hydrogen) atoms. The van der Waals surface area contributed by atoms with E-state index in [1.807, 2.05) is 11.8 Å². The highest BCUT2D eigenvalue weighted by molar-refractivity contribution is 7.15. The largest absolute Gasteiger partial charge is 0.352 e. The molecular formula is C23H30N4O2S. The zero-order chi connectivity index (χ0) is 21.1. The number of carbonyl (C=O) groups excluding carboxylic acids is 2. The van der Waals surface area contributed by atoms with Crippen LogP contribution in [0.4, 0.5) is 5.13 Å². The molecule has 2 aliphatic rings. The third kappa shape index (κ3) is 4.67. The van der Waals surface area contributed by atoms with Crippen LogP contribution in [-0.2, 0) is 29.0 Å². The zero-order valence-corrected chi connectivity index (χ0v) is 18.6. The van der Waals surface area contributed by atoms with E-state index in [1.165, 1.54) is 10.4 Å². The molecule has 4 rings (SSSR count). The van der Waals surface area contributed by atoms with Gasteiger partial charge < -0.3 is 15.1 Å². The van der Waals surface area contributed by atoms with Crippen LogP contribution in [0.2, 0.25) is 0 Å². The van der Waals surface area contributed by atoms with Gasteiger partial charge in [0, 0.05) is 49.9 Å². The van der Waals surface area contributed by atoms with Crippen molar-refractivity contribution in [1.29, 1.82) is 0 Å². The highest BCUT2D eigenvalue weighted by Gasteiger charge is 2.29. The zero-order valence-electron chi connectivity index (χ0n) is 17.8. The molecule has 1 aliphatic carbocycles. The van der Waals surface area contributed by atoms with Crippen LogP contribution in [0, 0.1) is 12.8 Å². The molecule has 1 N–H and O–H groups in total. The van der Waals surface area contributed by atoms with Crippen molar-refractivity contribution in [1.82, 2.24) is 15.2 Å². The van der Waals surface area contributed by atoms with Gasteiger partial charge in [0.25, 0.3) is 0 Å². The minimum Gasteiger partial charge on any atom is -0.352 e. The normalized spacial score (nSPS) is 18.8. The van der Waals surface area contributed by atoms with Gasteiger partial charge in [-0.1, -0.05) is 36.8 Å². The monoisotopic (exact) mass is 426 g/mol. The summed E-state index contributed by atoms with van der Waals surface area (Å²) in [6.07, 6.45) is 3.07. The number of nitrogens with zero attached hydrogens (tertiary/aromatic N) is 3. The number of aromatic nitrogens is 1. The first-order valence-electron chi connectivity index (χ1n) is 10.9. The average Bonchev–Trinajstić information content (AvgIpc) is 3.21. The van der Waals surface area contributed by atoms with Crippen molar-refractivity contribution in [2.75, 3.05) is 31.1 Å². The van der Waals surface area contributed by atoms with Crippen LogP contribution >= 0.6 is 11.3 Å². The Bertz CT molecular complexity index is 900. The molecule has 160 valence electrons. The van der Waals surface area contributed by atoms with Crippen molar-refractivity contribution in [2.24, 2.45) is 5.92 Å². The number of anilines is 1. The van der Waals surface area contributed by atoms with Gasteiger partial charge in [-0.05, 0) is 31.7 Å². The number of piperazine rings is 1. The number of carbonyl (C=O) groups is 2. The van der Waals surface area contributed by atoms with Crippen molar-refractivity contribution >= 4 is 28.3 Å². The molecule has 1 saturated heterocycles. The third-order valence-corrected chi connectivity index (χ3v) is 7.27. The Kier molecular flexibility index (Phi) is 6.37. The van der Waals surface area contributed by atoms with Crippen molar-refractivity contribution in [3.8, 4) is 0 Å². The summed E-state index contributed by atoms with van der Waals surface area (Å²) in [5.74, 6) is 0.394. The van der Waals surface area contributed by atoms with Crippen LogP contribution in [0.1, 0.15) is 41.5 Å². The molecule has 1 aromatic carbocycles. The number of rotatable bonds is 5. The minimum atomic E-state index is 0.0234. The molecule has 0 saturated carbocycles.